The van der Waals surface area contributed by atoms with E-state index < -0.39 is 29.7 Å². The Morgan fingerprint density at radius 3 is 2.52 bits per heavy atom. The quantitative estimate of drug-likeness (QED) is 0.467. The number of carbonyl (C=O) groups excluding carboxylic acids is 2. The molecule has 2 aliphatic rings. The first-order valence-electron chi connectivity index (χ1n) is 9.80. The number of hydrogen-bond donors (Lipinski definition) is 4. The molecular formula is C20H19F4N5O3S. The number of hydrogen-bond acceptors (Lipinski definition) is 7. The number of nitrogens with zero attached hydrogens (tertiary/aromatic N) is 1. The molecule has 2 aliphatic heterocycles. The number of nitrogens with one attached hydrogen (secondary N) is 4. The highest BCUT2D eigenvalue weighted by Crippen LogP contribution is 2.27. The highest BCUT2D eigenvalue weighted by atomic mass is 32.2. The molecule has 2 fully saturated rings. The number of carbonyl (C=O) groups is 2. The van der Waals surface area contributed by atoms with Crippen molar-refractivity contribution in [3.63, 3.8) is 0 Å². The van der Waals surface area contributed by atoms with Gasteiger partial charge in [0.2, 0.25) is 11.8 Å². The molecular weight excluding hydrogens is 466 g/mol. The standard InChI is InChI=1S/C20H19F4N5O3S/c21-11-1-5-13(6-2-11)29-17-15(9-25-29)18(31)28-19(27-17)33-10-16(30)26-12-3-7-14(8-4-12)32-20(22,23)24/h1-8,15,17,19,25,27H,9-10H2,(H,26,30)(H,28,31). The minimum atomic E-state index is -4.79. The molecule has 2 amide bonds. The third-order valence-electron chi connectivity index (χ3n) is 4.93. The zero-order chi connectivity index (χ0) is 23.6. The fraction of sp³-hybridized carbons (Fsp3) is 0.300. The Balaban J connectivity index is 1.30. The van der Waals surface area contributed by atoms with Crippen molar-refractivity contribution in [1.29, 1.82) is 0 Å². The molecule has 3 unspecified atom stereocenters. The number of rotatable bonds is 6. The first-order chi connectivity index (χ1) is 15.7. The minimum Gasteiger partial charge on any atom is -0.406 e. The van der Waals surface area contributed by atoms with E-state index in [1.54, 1.807) is 17.1 Å². The molecule has 2 heterocycles. The van der Waals surface area contributed by atoms with E-state index in [0.29, 0.717) is 17.9 Å². The summed E-state index contributed by atoms with van der Waals surface area (Å²) in [6.45, 7) is 0.396. The van der Waals surface area contributed by atoms with E-state index in [1.165, 1.54) is 24.3 Å². The predicted molar refractivity (Wildman–Crippen MR) is 113 cm³/mol. The largest absolute Gasteiger partial charge is 0.573 e. The van der Waals surface area contributed by atoms with E-state index in [1.807, 2.05) is 0 Å². The van der Waals surface area contributed by atoms with Gasteiger partial charge in [-0.25, -0.2) is 9.82 Å². The van der Waals surface area contributed by atoms with Crippen LogP contribution in [0.5, 0.6) is 5.75 Å². The molecule has 2 aromatic carbocycles. The molecule has 3 atom stereocenters. The lowest BCUT2D eigenvalue weighted by Gasteiger charge is -2.37. The van der Waals surface area contributed by atoms with Crippen molar-refractivity contribution in [3.8, 4) is 5.75 Å². The molecule has 0 aromatic heterocycles. The molecule has 8 nitrogen and oxygen atoms in total. The normalized spacial score (nSPS) is 22.5. The van der Waals surface area contributed by atoms with Crippen LogP contribution in [0.25, 0.3) is 0 Å². The van der Waals surface area contributed by atoms with E-state index in [2.05, 4.69) is 26.1 Å². The molecule has 0 aliphatic carbocycles. The Labute approximate surface area is 190 Å². The van der Waals surface area contributed by atoms with Crippen molar-refractivity contribution in [2.45, 2.75) is 18.0 Å². The predicted octanol–water partition coefficient (Wildman–Crippen LogP) is 2.37. The Morgan fingerprint density at radius 1 is 1.15 bits per heavy atom. The Kier molecular flexibility index (Phi) is 6.63. The third-order valence-corrected chi connectivity index (χ3v) is 5.95. The Bertz CT molecular complexity index is 1010. The maximum Gasteiger partial charge on any atom is 0.573 e. The summed E-state index contributed by atoms with van der Waals surface area (Å²) < 4.78 is 53.7. The van der Waals surface area contributed by atoms with Crippen molar-refractivity contribution in [1.82, 2.24) is 16.1 Å². The van der Waals surface area contributed by atoms with Gasteiger partial charge in [-0.05, 0) is 48.5 Å². The van der Waals surface area contributed by atoms with E-state index in [4.69, 9.17) is 0 Å². The van der Waals surface area contributed by atoms with Crippen LogP contribution in [0.4, 0.5) is 28.9 Å². The second-order valence-corrected chi connectivity index (χ2v) is 8.34. The van der Waals surface area contributed by atoms with Gasteiger partial charge < -0.3 is 15.4 Å². The summed E-state index contributed by atoms with van der Waals surface area (Å²) in [5.41, 5.74) is 3.55. The van der Waals surface area contributed by atoms with Gasteiger partial charge in [0.1, 0.15) is 23.2 Å². The van der Waals surface area contributed by atoms with E-state index in [-0.39, 0.29) is 23.4 Å². The molecule has 0 saturated carbocycles. The number of thioether (sulfide) groups is 1. The van der Waals surface area contributed by atoms with Crippen molar-refractivity contribution in [2.75, 3.05) is 22.6 Å². The second-order valence-electron chi connectivity index (χ2n) is 7.25. The molecule has 4 rings (SSSR count). The SMILES string of the molecule is O=C(CSC1NC(=O)C2CNN(c3ccc(F)cc3)C2N1)Nc1ccc(OC(F)(F)F)cc1. The molecule has 0 bridgehead atoms. The van der Waals surface area contributed by atoms with Crippen LogP contribution in [-0.2, 0) is 9.59 Å². The smallest absolute Gasteiger partial charge is 0.406 e. The van der Waals surface area contributed by atoms with Gasteiger partial charge in [-0.15, -0.1) is 24.9 Å². The Hall–Kier alpha value is -3.03. The minimum absolute atomic E-state index is 0.0277. The van der Waals surface area contributed by atoms with Crippen LogP contribution >= 0.6 is 11.8 Å². The van der Waals surface area contributed by atoms with Gasteiger partial charge in [0.25, 0.3) is 0 Å². The number of anilines is 2. The molecule has 0 spiro atoms. The molecule has 176 valence electrons. The highest BCUT2D eigenvalue weighted by molar-refractivity contribution is 8.00. The summed E-state index contributed by atoms with van der Waals surface area (Å²) in [6.07, 6.45) is -5.19. The van der Waals surface area contributed by atoms with Crippen LogP contribution in [0.3, 0.4) is 0 Å². The molecule has 13 heteroatoms. The van der Waals surface area contributed by atoms with Gasteiger partial charge in [-0.3, -0.25) is 19.9 Å². The lowest BCUT2D eigenvalue weighted by atomic mass is 10.1. The maximum absolute atomic E-state index is 13.2. The first-order valence-corrected chi connectivity index (χ1v) is 10.8. The van der Waals surface area contributed by atoms with Gasteiger partial charge >= 0.3 is 6.36 Å². The number of fused-ring (bicyclic) bond motifs is 1. The molecule has 4 N–H and O–H groups in total. The number of halogens is 4. The fourth-order valence-electron chi connectivity index (χ4n) is 3.49. The van der Waals surface area contributed by atoms with Gasteiger partial charge in [0.05, 0.1) is 17.4 Å². The average Bonchev–Trinajstić information content (AvgIpc) is 3.18. The first kappa shape index (κ1) is 23.1. The van der Waals surface area contributed by atoms with Crippen molar-refractivity contribution in [3.05, 3.63) is 54.3 Å². The van der Waals surface area contributed by atoms with Crippen LogP contribution in [0.15, 0.2) is 48.5 Å². The molecule has 2 saturated heterocycles. The summed E-state index contributed by atoms with van der Waals surface area (Å²) in [6, 6.07) is 10.6. The number of benzene rings is 2. The number of amides is 2. The van der Waals surface area contributed by atoms with Crippen molar-refractivity contribution >= 4 is 35.0 Å². The van der Waals surface area contributed by atoms with Crippen LogP contribution in [-0.4, -0.2) is 42.1 Å². The number of hydrazine groups is 1. The van der Waals surface area contributed by atoms with Crippen LogP contribution < -0.4 is 31.1 Å². The number of ether oxygens (including phenoxy) is 1. The van der Waals surface area contributed by atoms with Crippen LogP contribution in [0.2, 0.25) is 0 Å². The summed E-state index contributed by atoms with van der Waals surface area (Å²) in [4.78, 5) is 24.8. The van der Waals surface area contributed by atoms with E-state index in [9.17, 15) is 27.2 Å². The molecule has 2 aromatic rings. The summed E-state index contributed by atoms with van der Waals surface area (Å²) >= 11 is 1.15. The summed E-state index contributed by atoms with van der Waals surface area (Å²) in [5, 5.41) is 10.4. The zero-order valence-electron chi connectivity index (χ0n) is 16.9. The van der Waals surface area contributed by atoms with Crippen molar-refractivity contribution < 1.29 is 31.9 Å². The highest BCUT2D eigenvalue weighted by Gasteiger charge is 2.44. The second kappa shape index (κ2) is 9.45. The molecule has 0 radical (unpaired) electrons. The zero-order valence-corrected chi connectivity index (χ0v) is 17.7. The lowest BCUT2D eigenvalue weighted by molar-refractivity contribution is -0.274. The average molecular weight is 485 g/mol. The fourth-order valence-corrected chi connectivity index (χ4v) is 4.31. The van der Waals surface area contributed by atoms with Crippen LogP contribution in [0.1, 0.15) is 0 Å². The van der Waals surface area contributed by atoms with E-state index in [0.717, 1.165) is 23.9 Å². The van der Waals surface area contributed by atoms with Crippen molar-refractivity contribution in [2.24, 2.45) is 5.92 Å². The monoisotopic (exact) mass is 485 g/mol. The number of alkyl halides is 3. The van der Waals surface area contributed by atoms with Gasteiger partial charge in [0.15, 0.2) is 0 Å². The van der Waals surface area contributed by atoms with Gasteiger partial charge in [-0.1, -0.05) is 0 Å². The summed E-state index contributed by atoms with van der Waals surface area (Å²) in [5.74, 6) is -1.75. The third kappa shape index (κ3) is 5.86. The van der Waals surface area contributed by atoms with Gasteiger partial charge in [-0.2, -0.15) is 0 Å². The topological polar surface area (TPSA) is 94.7 Å². The maximum atomic E-state index is 13.2. The Morgan fingerprint density at radius 2 is 1.85 bits per heavy atom. The lowest BCUT2D eigenvalue weighted by Crippen LogP contribution is -2.63. The van der Waals surface area contributed by atoms with Gasteiger partial charge in [0, 0.05) is 12.2 Å². The van der Waals surface area contributed by atoms with E-state index >= 15 is 0 Å². The van der Waals surface area contributed by atoms with Crippen LogP contribution in [0, 0.1) is 11.7 Å². The summed E-state index contributed by atoms with van der Waals surface area (Å²) in [7, 11) is 0. The molecule has 33 heavy (non-hydrogen) atoms.